The SMILES string of the molecule is Cc1ccc(C)c(NC(=O)C(C#N)=Cc2ccc(OCc3ccccc3Cl)c(Cl)c2)c1. The normalized spacial score (nSPS) is 11.0. The Morgan fingerprint density at radius 2 is 1.84 bits per heavy atom. The van der Waals surface area contributed by atoms with E-state index >= 15 is 0 Å². The number of ether oxygens (including phenoxy) is 1. The maximum absolute atomic E-state index is 12.6. The van der Waals surface area contributed by atoms with Crippen LogP contribution in [0.15, 0.2) is 66.2 Å². The minimum atomic E-state index is -0.480. The zero-order chi connectivity index (χ0) is 22.4. The molecule has 0 radical (unpaired) electrons. The standard InChI is InChI=1S/C25H20Cl2N2O2/c1-16-7-8-17(2)23(11-16)29-25(30)20(14-28)12-18-9-10-24(22(27)13-18)31-15-19-5-3-4-6-21(19)26/h3-13H,15H2,1-2H3,(H,29,30). The number of hydrogen-bond donors (Lipinski definition) is 1. The highest BCUT2D eigenvalue weighted by Gasteiger charge is 2.12. The van der Waals surface area contributed by atoms with Crippen molar-refractivity contribution in [3.05, 3.63) is 98.5 Å². The summed E-state index contributed by atoms with van der Waals surface area (Å²) < 4.78 is 5.76. The van der Waals surface area contributed by atoms with Crippen LogP contribution in [0.2, 0.25) is 10.0 Å². The van der Waals surface area contributed by atoms with Crippen molar-refractivity contribution in [3.63, 3.8) is 0 Å². The van der Waals surface area contributed by atoms with Crippen LogP contribution in [0.3, 0.4) is 0 Å². The molecule has 3 aromatic rings. The summed E-state index contributed by atoms with van der Waals surface area (Å²) in [6, 6.07) is 20.2. The molecule has 0 saturated heterocycles. The van der Waals surface area contributed by atoms with Crippen molar-refractivity contribution in [2.45, 2.75) is 20.5 Å². The molecule has 1 amide bonds. The van der Waals surface area contributed by atoms with Gasteiger partial charge in [-0.05, 0) is 60.9 Å². The van der Waals surface area contributed by atoms with Gasteiger partial charge >= 0.3 is 0 Å². The van der Waals surface area contributed by atoms with Gasteiger partial charge in [0.1, 0.15) is 24.0 Å². The highest BCUT2D eigenvalue weighted by atomic mass is 35.5. The number of amides is 1. The summed E-state index contributed by atoms with van der Waals surface area (Å²) in [6.07, 6.45) is 1.49. The molecule has 0 fully saturated rings. The molecule has 0 aliphatic heterocycles. The minimum Gasteiger partial charge on any atom is -0.487 e. The number of rotatable bonds is 6. The second-order valence-corrected chi connectivity index (χ2v) is 7.83. The number of anilines is 1. The lowest BCUT2D eigenvalue weighted by Crippen LogP contribution is -2.14. The van der Waals surface area contributed by atoms with Crippen molar-refractivity contribution in [1.82, 2.24) is 0 Å². The van der Waals surface area contributed by atoms with Crippen LogP contribution in [0, 0.1) is 25.2 Å². The molecule has 1 N–H and O–H groups in total. The molecule has 0 heterocycles. The highest BCUT2D eigenvalue weighted by Crippen LogP contribution is 2.28. The van der Waals surface area contributed by atoms with E-state index in [0.29, 0.717) is 27.0 Å². The van der Waals surface area contributed by atoms with Gasteiger partial charge in [-0.1, -0.05) is 59.6 Å². The summed E-state index contributed by atoms with van der Waals surface area (Å²) in [5, 5.41) is 13.2. The molecule has 0 bridgehead atoms. The Labute approximate surface area is 191 Å². The first-order chi connectivity index (χ1) is 14.9. The fourth-order valence-corrected chi connectivity index (χ4v) is 3.30. The van der Waals surface area contributed by atoms with Crippen LogP contribution in [0.25, 0.3) is 6.08 Å². The molecule has 6 heteroatoms. The predicted molar refractivity (Wildman–Crippen MR) is 125 cm³/mol. The Bertz CT molecular complexity index is 1200. The zero-order valence-corrected chi connectivity index (χ0v) is 18.6. The lowest BCUT2D eigenvalue weighted by molar-refractivity contribution is -0.112. The van der Waals surface area contributed by atoms with Crippen LogP contribution in [-0.2, 0) is 11.4 Å². The lowest BCUT2D eigenvalue weighted by Gasteiger charge is -2.10. The number of hydrogen-bond acceptors (Lipinski definition) is 3. The fourth-order valence-electron chi connectivity index (χ4n) is 2.87. The Hall–Kier alpha value is -3.26. The monoisotopic (exact) mass is 450 g/mol. The third-order valence-corrected chi connectivity index (χ3v) is 5.28. The van der Waals surface area contributed by atoms with Crippen LogP contribution in [0.1, 0.15) is 22.3 Å². The number of carbonyl (C=O) groups excluding carboxylic acids is 1. The van der Waals surface area contributed by atoms with E-state index in [1.165, 1.54) is 6.08 Å². The second kappa shape index (κ2) is 10.2. The molecule has 3 rings (SSSR count). The van der Waals surface area contributed by atoms with E-state index < -0.39 is 5.91 Å². The number of carbonyl (C=O) groups is 1. The summed E-state index contributed by atoms with van der Waals surface area (Å²) >= 11 is 12.5. The van der Waals surface area contributed by atoms with Crippen LogP contribution in [0.5, 0.6) is 5.75 Å². The summed E-state index contributed by atoms with van der Waals surface area (Å²) in [7, 11) is 0. The first-order valence-electron chi connectivity index (χ1n) is 9.53. The van der Waals surface area contributed by atoms with Gasteiger partial charge in [0.05, 0.1) is 5.02 Å². The molecular formula is C25H20Cl2N2O2. The number of benzene rings is 3. The zero-order valence-electron chi connectivity index (χ0n) is 17.1. The van der Waals surface area contributed by atoms with Gasteiger partial charge in [0.2, 0.25) is 0 Å². The number of aryl methyl sites for hydroxylation is 2. The van der Waals surface area contributed by atoms with Crippen molar-refractivity contribution >= 4 is 40.9 Å². The molecule has 0 unspecified atom stereocenters. The molecule has 0 aliphatic carbocycles. The van der Waals surface area contributed by atoms with Crippen molar-refractivity contribution in [2.24, 2.45) is 0 Å². The first kappa shape index (κ1) is 22.4. The molecular weight excluding hydrogens is 431 g/mol. The smallest absolute Gasteiger partial charge is 0.266 e. The van der Waals surface area contributed by atoms with E-state index in [-0.39, 0.29) is 12.2 Å². The first-order valence-corrected chi connectivity index (χ1v) is 10.3. The molecule has 3 aromatic carbocycles. The fraction of sp³-hybridized carbons (Fsp3) is 0.120. The van der Waals surface area contributed by atoms with Gasteiger partial charge < -0.3 is 10.1 Å². The van der Waals surface area contributed by atoms with Gasteiger partial charge in [-0.25, -0.2) is 0 Å². The van der Waals surface area contributed by atoms with Gasteiger partial charge in [-0.15, -0.1) is 0 Å². The Morgan fingerprint density at radius 3 is 2.55 bits per heavy atom. The molecule has 31 heavy (non-hydrogen) atoms. The minimum absolute atomic E-state index is 0.0262. The maximum Gasteiger partial charge on any atom is 0.266 e. The number of nitriles is 1. The maximum atomic E-state index is 12.6. The van der Waals surface area contributed by atoms with Crippen LogP contribution in [-0.4, -0.2) is 5.91 Å². The predicted octanol–water partition coefficient (Wildman–Crippen LogP) is 6.73. The Balaban J connectivity index is 1.74. The third kappa shape index (κ3) is 5.88. The van der Waals surface area contributed by atoms with Gasteiger partial charge in [-0.2, -0.15) is 5.26 Å². The van der Waals surface area contributed by atoms with E-state index in [9.17, 15) is 10.1 Å². The van der Waals surface area contributed by atoms with E-state index in [2.05, 4.69) is 5.32 Å². The van der Waals surface area contributed by atoms with E-state index in [1.807, 2.05) is 56.3 Å². The molecule has 0 spiro atoms. The number of halogens is 2. The molecule has 0 atom stereocenters. The van der Waals surface area contributed by atoms with Crippen LogP contribution in [0.4, 0.5) is 5.69 Å². The molecule has 0 saturated carbocycles. The van der Waals surface area contributed by atoms with E-state index in [0.717, 1.165) is 16.7 Å². The largest absolute Gasteiger partial charge is 0.487 e. The molecule has 0 aromatic heterocycles. The van der Waals surface area contributed by atoms with Crippen molar-refractivity contribution in [3.8, 4) is 11.8 Å². The summed E-state index contributed by atoms with van der Waals surface area (Å²) in [5.41, 5.74) is 4.04. The second-order valence-electron chi connectivity index (χ2n) is 7.01. The Kier molecular flexibility index (Phi) is 7.36. The van der Waals surface area contributed by atoms with Gasteiger partial charge in [0.25, 0.3) is 5.91 Å². The van der Waals surface area contributed by atoms with Crippen LogP contribution >= 0.6 is 23.2 Å². The van der Waals surface area contributed by atoms with Crippen molar-refractivity contribution in [2.75, 3.05) is 5.32 Å². The van der Waals surface area contributed by atoms with Crippen LogP contribution < -0.4 is 10.1 Å². The highest BCUT2D eigenvalue weighted by molar-refractivity contribution is 6.32. The lowest BCUT2D eigenvalue weighted by atomic mass is 10.1. The third-order valence-electron chi connectivity index (χ3n) is 4.61. The number of nitrogens with one attached hydrogen (secondary N) is 1. The molecule has 156 valence electrons. The number of nitrogens with zero attached hydrogens (tertiary/aromatic N) is 1. The Morgan fingerprint density at radius 1 is 1.06 bits per heavy atom. The van der Waals surface area contributed by atoms with Gasteiger partial charge in [-0.3, -0.25) is 4.79 Å². The average molecular weight is 451 g/mol. The van der Waals surface area contributed by atoms with E-state index in [4.69, 9.17) is 27.9 Å². The van der Waals surface area contributed by atoms with Gasteiger partial charge in [0.15, 0.2) is 0 Å². The van der Waals surface area contributed by atoms with Crippen molar-refractivity contribution < 1.29 is 9.53 Å². The quantitative estimate of drug-likeness (QED) is 0.334. The topological polar surface area (TPSA) is 62.1 Å². The molecule has 4 nitrogen and oxygen atoms in total. The van der Waals surface area contributed by atoms with Gasteiger partial charge in [0, 0.05) is 16.3 Å². The van der Waals surface area contributed by atoms with Crippen molar-refractivity contribution in [1.29, 1.82) is 5.26 Å². The summed E-state index contributed by atoms with van der Waals surface area (Å²) in [6.45, 7) is 4.11. The molecule has 0 aliphatic rings. The van der Waals surface area contributed by atoms with E-state index in [1.54, 1.807) is 24.3 Å². The summed E-state index contributed by atoms with van der Waals surface area (Å²) in [4.78, 5) is 12.6. The average Bonchev–Trinajstić information content (AvgIpc) is 2.75. The summed E-state index contributed by atoms with van der Waals surface area (Å²) in [5.74, 6) is 0.00319.